The second kappa shape index (κ2) is 7.76. The van der Waals surface area contributed by atoms with Crippen LogP contribution >= 0.6 is 0 Å². The van der Waals surface area contributed by atoms with Gasteiger partial charge in [0.25, 0.3) is 0 Å². The van der Waals surface area contributed by atoms with E-state index >= 15 is 0 Å². The maximum Gasteiger partial charge on any atom is 0.140 e. The summed E-state index contributed by atoms with van der Waals surface area (Å²) in [7, 11) is 0. The first-order valence-electron chi connectivity index (χ1n) is 8.43. The lowest BCUT2D eigenvalue weighted by Crippen LogP contribution is -2.03. The van der Waals surface area contributed by atoms with Crippen molar-refractivity contribution in [2.75, 3.05) is 0 Å². The van der Waals surface area contributed by atoms with Gasteiger partial charge in [-0.25, -0.2) is 4.39 Å². The molecule has 0 aliphatic carbocycles. The molecule has 0 aromatic heterocycles. The molecule has 0 bridgehead atoms. The average Bonchev–Trinajstić information content (AvgIpc) is 2.68. The van der Waals surface area contributed by atoms with Crippen molar-refractivity contribution in [3.8, 4) is 17.6 Å². The smallest absolute Gasteiger partial charge is 0.140 e. The summed E-state index contributed by atoms with van der Waals surface area (Å²) in [5.41, 5.74) is 3.40. The number of phenolic OH excluding ortho intramolecular Hbond substituents is 2. The molecular weight excluding hydrogens is 341 g/mol. The summed E-state index contributed by atoms with van der Waals surface area (Å²) in [6.07, 6.45) is 0.534. The van der Waals surface area contributed by atoms with Crippen LogP contribution in [0.1, 0.15) is 34.6 Å². The molecule has 0 spiro atoms. The molecule has 0 amide bonds. The Bertz CT molecular complexity index is 957. The molecule has 0 heterocycles. The van der Waals surface area contributed by atoms with Gasteiger partial charge in [0.05, 0.1) is 5.56 Å². The molecule has 134 valence electrons. The molecule has 3 aromatic rings. The molecule has 4 heteroatoms. The van der Waals surface area contributed by atoms with Gasteiger partial charge in [0.1, 0.15) is 23.4 Å². The van der Waals surface area contributed by atoms with E-state index in [0.29, 0.717) is 12.0 Å². The van der Waals surface area contributed by atoms with Crippen LogP contribution in [0, 0.1) is 17.1 Å². The van der Waals surface area contributed by atoms with Crippen LogP contribution in [0.5, 0.6) is 11.5 Å². The number of rotatable bonds is 5. The van der Waals surface area contributed by atoms with Crippen LogP contribution in [-0.4, -0.2) is 10.2 Å². The van der Waals surface area contributed by atoms with Crippen molar-refractivity contribution in [2.45, 2.75) is 12.3 Å². The summed E-state index contributed by atoms with van der Waals surface area (Å²) in [5, 5.41) is 28.2. The fourth-order valence-corrected chi connectivity index (χ4v) is 3.04. The van der Waals surface area contributed by atoms with Gasteiger partial charge in [-0.3, -0.25) is 0 Å². The molecule has 0 atom stereocenters. The third kappa shape index (κ3) is 4.16. The van der Waals surface area contributed by atoms with E-state index in [1.807, 2.05) is 30.3 Å². The fraction of sp³-hybridized carbons (Fsp3) is 0.0870. The number of phenols is 2. The number of hydrogen-bond donors (Lipinski definition) is 2. The van der Waals surface area contributed by atoms with E-state index in [-0.39, 0.29) is 23.0 Å². The van der Waals surface area contributed by atoms with Crippen LogP contribution < -0.4 is 0 Å². The number of halogens is 1. The number of allylic oxidation sites excluding steroid dienone is 1. The van der Waals surface area contributed by atoms with Crippen LogP contribution in [-0.2, 0) is 0 Å². The minimum absolute atomic E-state index is 0.0144. The number of nitriles is 1. The van der Waals surface area contributed by atoms with Gasteiger partial charge in [0, 0.05) is 5.92 Å². The Morgan fingerprint density at radius 2 is 1.44 bits per heavy atom. The zero-order valence-corrected chi connectivity index (χ0v) is 14.6. The van der Waals surface area contributed by atoms with Gasteiger partial charge < -0.3 is 10.2 Å². The molecule has 2 N–H and O–H groups in total. The first-order valence-corrected chi connectivity index (χ1v) is 8.43. The highest BCUT2D eigenvalue weighted by Crippen LogP contribution is 2.35. The van der Waals surface area contributed by atoms with Crippen LogP contribution in [0.2, 0.25) is 0 Å². The third-order valence-corrected chi connectivity index (χ3v) is 4.54. The molecule has 0 aliphatic rings. The summed E-state index contributed by atoms with van der Waals surface area (Å²) < 4.78 is 13.6. The predicted octanol–water partition coefficient (Wildman–Crippen LogP) is 5.34. The Morgan fingerprint density at radius 1 is 0.926 bits per heavy atom. The number of hydrogen-bond acceptors (Lipinski definition) is 3. The Hall–Kier alpha value is -3.58. The van der Waals surface area contributed by atoms with E-state index < -0.39 is 5.82 Å². The molecule has 27 heavy (non-hydrogen) atoms. The van der Waals surface area contributed by atoms with E-state index in [0.717, 1.165) is 16.7 Å². The van der Waals surface area contributed by atoms with Crippen molar-refractivity contribution >= 4 is 5.57 Å². The van der Waals surface area contributed by atoms with Crippen LogP contribution in [0.15, 0.2) is 73.3 Å². The lowest BCUT2D eigenvalue weighted by Gasteiger charge is -2.20. The minimum Gasteiger partial charge on any atom is -0.508 e. The van der Waals surface area contributed by atoms with Gasteiger partial charge in [0.15, 0.2) is 0 Å². The molecule has 0 saturated heterocycles. The second-order valence-corrected chi connectivity index (χ2v) is 6.35. The van der Waals surface area contributed by atoms with E-state index in [9.17, 15) is 14.6 Å². The Morgan fingerprint density at radius 3 is 1.93 bits per heavy atom. The molecule has 0 unspecified atom stereocenters. The topological polar surface area (TPSA) is 64.2 Å². The zero-order chi connectivity index (χ0) is 19.4. The van der Waals surface area contributed by atoms with Crippen molar-refractivity contribution in [3.63, 3.8) is 0 Å². The standard InChI is InChI=1S/C23H18FNO2/c1-15(18-6-11-23(24)19(13-18)14-25)12-22(16-2-7-20(26)8-3-16)17-4-9-21(27)10-5-17/h2-11,13,22,26-27H,1,12H2. The second-order valence-electron chi connectivity index (χ2n) is 6.35. The van der Waals surface area contributed by atoms with E-state index in [1.165, 1.54) is 12.1 Å². The van der Waals surface area contributed by atoms with Gasteiger partial charge in [0.2, 0.25) is 0 Å². The molecule has 3 aromatic carbocycles. The molecule has 3 rings (SSSR count). The van der Waals surface area contributed by atoms with Crippen LogP contribution in [0.4, 0.5) is 4.39 Å². The van der Waals surface area contributed by atoms with E-state index in [2.05, 4.69) is 6.58 Å². The largest absolute Gasteiger partial charge is 0.508 e. The minimum atomic E-state index is -0.553. The SMILES string of the molecule is C=C(CC(c1ccc(O)cc1)c1ccc(O)cc1)c1ccc(F)c(C#N)c1. The lowest BCUT2D eigenvalue weighted by atomic mass is 9.84. The van der Waals surface area contributed by atoms with E-state index in [1.54, 1.807) is 30.3 Å². The Labute approximate surface area is 157 Å². The average molecular weight is 359 g/mol. The molecule has 3 nitrogen and oxygen atoms in total. The maximum atomic E-state index is 13.6. The third-order valence-electron chi connectivity index (χ3n) is 4.54. The van der Waals surface area contributed by atoms with Crippen molar-refractivity contribution in [1.82, 2.24) is 0 Å². The quantitative estimate of drug-likeness (QED) is 0.646. The van der Waals surface area contributed by atoms with Crippen LogP contribution in [0.25, 0.3) is 5.57 Å². The van der Waals surface area contributed by atoms with Gasteiger partial charge in [-0.1, -0.05) is 36.9 Å². The molecule has 0 aliphatic heterocycles. The summed E-state index contributed by atoms with van der Waals surface area (Å²) in [4.78, 5) is 0. The Kier molecular flexibility index (Phi) is 5.23. The van der Waals surface area contributed by atoms with E-state index in [4.69, 9.17) is 5.26 Å². The highest BCUT2D eigenvalue weighted by atomic mass is 19.1. The maximum absolute atomic E-state index is 13.6. The number of benzene rings is 3. The summed E-state index contributed by atoms with van der Waals surface area (Å²) in [6, 6.07) is 20.1. The number of aromatic hydroxyl groups is 2. The predicted molar refractivity (Wildman–Crippen MR) is 103 cm³/mol. The van der Waals surface area contributed by atoms with Gasteiger partial charge in [-0.15, -0.1) is 0 Å². The molecule has 0 saturated carbocycles. The first kappa shape index (κ1) is 18.2. The monoisotopic (exact) mass is 359 g/mol. The normalized spacial score (nSPS) is 10.6. The van der Waals surface area contributed by atoms with Crippen molar-refractivity contribution in [3.05, 3.63) is 101 Å². The summed E-state index contributed by atoms with van der Waals surface area (Å²) in [6.45, 7) is 4.13. The summed E-state index contributed by atoms with van der Waals surface area (Å²) >= 11 is 0. The van der Waals surface area contributed by atoms with Crippen molar-refractivity contribution < 1.29 is 14.6 Å². The zero-order valence-electron chi connectivity index (χ0n) is 14.6. The molecule has 0 radical (unpaired) electrons. The highest BCUT2D eigenvalue weighted by Gasteiger charge is 2.17. The highest BCUT2D eigenvalue weighted by molar-refractivity contribution is 5.66. The Balaban J connectivity index is 1.96. The summed E-state index contributed by atoms with van der Waals surface area (Å²) in [5.74, 6) is -0.268. The van der Waals surface area contributed by atoms with Gasteiger partial charge in [-0.05, 0) is 65.1 Å². The fourth-order valence-electron chi connectivity index (χ4n) is 3.04. The molecular formula is C23H18FNO2. The van der Waals surface area contributed by atoms with Gasteiger partial charge >= 0.3 is 0 Å². The first-order chi connectivity index (χ1) is 13.0. The lowest BCUT2D eigenvalue weighted by molar-refractivity contribution is 0.475. The van der Waals surface area contributed by atoms with Crippen molar-refractivity contribution in [1.29, 1.82) is 5.26 Å². The van der Waals surface area contributed by atoms with Crippen molar-refractivity contribution in [2.24, 2.45) is 0 Å². The van der Waals surface area contributed by atoms with Gasteiger partial charge in [-0.2, -0.15) is 5.26 Å². The number of nitrogens with zero attached hydrogens (tertiary/aromatic N) is 1. The molecule has 0 fully saturated rings. The van der Waals surface area contributed by atoms with Crippen LogP contribution in [0.3, 0.4) is 0 Å².